The molecule has 1 amide bonds. The van der Waals surface area contributed by atoms with E-state index < -0.39 is 5.97 Å². The zero-order valence-electron chi connectivity index (χ0n) is 14.1. The van der Waals surface area contributed by atoms with Gasteiger partial charge >= 0.3 is 11.1 Å². The van der Waals surface area contributed by atoms with Gasteiger partial charge in [0.25, 0.3) is 0 Å². The van der Waals surface area contributed by atoms with Crippen molar-refractivity contribution in [3.8, 4) is 5.69 Å². The Morgan fingerprint density at radius 2 is 2.15 bits per heavy atom. The van der Waals surface area contributed by atoms with E-state index in [1.165, 1.54) is 30.2 Å². The maximum atomic E-state index is 12.3. The Bertz CT molecular complexity index is 980. The van der Waals surface area contributed by atoms with Gasteiger partial charge in [-0.25, -0.2) is 4.79 Å². The lowest BCUT2D eigenvalue weighted by Crippen LogP contribution is -2.35. The number of anilines is 1. The summed E-state index contributed by atoms with van der Waals surface area (Å²) in [5.41, 5.74) is 1.17. The lowest BCUT2D eigenvalue weighted by atomic mass is 10.3. The van der Waals surface area contributed by atoms with Crippen LogP contribution in [0.2, 0.25) is 5.02 Å². The minimum atomic E-state index is -0.488. The van der Waals surface area contributed by atoms with E-state index in [0.717, 1.165) is 5.69 Å². The molecule has 0 spiro atoms. The monoisotopic (exact) mass is 421 g/mol. The number of benzene rings is 1. The minimum absolute atomic E-state index is 0.0829. The number of methoxy groups -OCH3 is 1. The Balaban J connectivity index is 1.71. The van der Waals surface area contributed by atoms with Gasteiger partial charge in [0.2, 0.25) is 5.91 Å². The number of thioether (sulfide) groups is 1. The van der Waals surface area contributed by atoms with Crippen LogP contribution in [0.1, 0.15) is 9.67 Å². The number of hydrogen-bond donors (Lipinski definition) is 1. The number of rotatable bonds is 6. The van der Waals surface area contributed by atoms with Gasteiger partial charge in [-0.3, -0.25) is 4.79 Å². The van der Waals surface area contributed by atoms with Crippen LogP contribution >= 0.6 is 34.7 Å². The molecule has 1 aromatic carbocycles. The van der Waals surface area contributed by atoms with Crippen LogP contribution in [0.15, 0.2) is 53.3 Å². The highest BCUT2D eigenvalue weighted by Crippen LogP contribution is 2.24. The fourth-order valence-corrected chi connectivity index (χ4v) is 3.92. The number of amides is 1. The van der Waals surface area contributed by atoms with Gasteiger partial charge in [-0.15, -0.1) is 11.3 Å². The smallest absolute Gasteiger partial charge is 0.391 e. The van der Waals surface area contributed by atoms with E-state index in [1.807, 2.05) is 18.2 Å². The summed E-state index contributed by atoms with van der Waals surface area (Å²) in [6.07, 6.45) is 3.27. The van der Waals surface area contributed by atoms with E-state index in [0.29, 0.717) is 20.7 Å². The van der Waals surface area contributed by atoms with E-state index in [4.69, 9.17) is 16.3 Å². The lowest BCUT2D eigenvalue weighted by molar-refractivity contribution is -0.642. The third kappa shape index (κ3) is 4.62. The molecule has 0 atom stereocenters. The molecule has 0 saturated heterocycles. The fraction of sp³-hybridized carbons (Fsp3) is 0.118. The number of hydrogen-bond acceptors (Lipinski definition) is 7. The van der Waals surface area contributed by atoms with Crippen LogP contribution in [0.4, 0.5) is 5.69 Å². The third-order valence-corrected chi connectivity index (χ3v) is 5.54. The number of halogens is 1. The van der Waals surface area contributed by atoms with Crippen LogP contribution in [0.3, 0.4) is 0 Å². The molecule has 0 saturated carbocycles. The van der Waals surface area contributed by atoms with E-state index in [2.05, 4.69) is 15.5 Å². The quantitative estimate of drug-likeness (QED) is 0.374. The lowest BCUT2D eigenvalue weighted by Gasteiger charge is -2.06. The molecule has 3 aromatic rings. The molecular weight excluding hydrogens is 408 g/mol. The molecule has 10 heteroatoms. The van der Waals surface area contributed by atoms with Crippen molar-refractivity contribution in [2.75, 3.05) is 18.2 Å². The highest BCUT2D eigenvalue weighted by Gasteiger charge is 2.20. The number of nitrogens with zero attached hydrogens (tertiary/aromatic N) is 3. The topological polar surface area (TPSA) is 85.1 Å². The second-order valence-corrected chi connectivity index (χ2v) is 7.38. The van der Waals surface area contributed by atoms with Crippen molar-refractivity contribution in [3.63, 3.8) is 0 Å². The largest absolute Gasteiger partial charge is 0.465 e. The highest BCUT2D eigenvalue weighted by atomic mass is 35.5. The average molecular weight is 422 g/mol. The number of carbonyl (C=O) groups excluding carboxylic acids is 2. The van der Waals surface area contributed by atoms with E-state index in [9.17, 15) is 9.59 Å². The molecule has 0 aliphatic heterocycles. The molecule has 138 valence electrons. The maximum Gasteiger partial charge on any atom is 0.391 e. The van der Waals surface area contributed by atoms with E-state index in [1.54, 1.807) is 34.5 Å². The molecule has 0 aliphatic rings. The molecule has 2 heterocycles. The number of esters is 1. The van der Waals surface area contributed by atoms with Crippen molar-refractivity contribution in [1.29, 1.82) is 0 Å². The predicted molar refractivity (Wildman–Crippen MR) is 104 cm³/mol. The standard InChI is InChI=1S/C17H13ClN4O3S2/c1-25-16(24)15-12(6-9-26-15)20-14(23)10-27-17-21-19-7-8-22(17)13-5-3-2-4-11(13)18/h2-9H,10H2,1H3/p+1. The Kier molecular flexibility index (Phi) is 6.38. The van der Waals surface area contributed by atoms with Crippen LogP contribution in [0.25, 0.3) is 5.69 Å². The molecule has 1 N–H and O–H groups in total. The fourth-order valence-electron chi connectivity index (χ4n) is 2.19. The summed E-state index contributed by atoms with van der Waals surface area (Å²) in [6.45, 7) is 0. The number of aromatic nitrogens is 3. The first-order valence-corrected chi connectivity index (χ1v) is 9.91. The molecule has 3 rings (SSSR count). The zero-order chi connectivity index (χ0) is 19.2. The van der Waals surface area contributed by atoms with Crippen LogP contribution < -0.4 is 9.88 Å². The molecule has 0 radical (unpaired) electrons. The Labute approximate surface area is 168 Å². The molecule has 27 heavy (non-hydrogen) atoms. The van der Waals surface area contributed by atoms with Gasteiger partial charge in [-0.2, -0.15) is 4.57 Å². The van der Waals surface area contributed by atoms with Crippen LogP contribution in [-0.4, -0.2) is 34.9 Å². The van der Waals surface area contributed by atoms with Gasteiger partial charge < -0.3 is 10.1 Å². The summed E-state index contributed by atoms with van der Waals surface area (Å²) >= 11 is 8.66. The van der Waals surface area contributed by atoms with Crippen molar-refractivity contribution >= 4 is 52.3 Å². The Morgan fingerprint density at radius 3 is 2.93 bits per heavy atom. The molecule has 0 unspecified atom stereocenters. The summed E-state index contributed by atoms with van der Waals surface area (Å²) in [4.78, 5) is 24.3. The maximum absolute atomic E-state index is 12.3. The normalized spacial score (nSPS) is 10.4. The molecule has 0 bridgehead atoms. The van der Waals surface area contributed by atoms with Gasteiger partial charge in [0.1, 0.15) is 17.3 Å². The van der Waals surface area contributed by atoms with Crippen LogP contribution in [0.5, 0.6) is 0 Å². The first-order valence-electron chi connectivity index (χ1n) is 7.67. The summed E-state index contributed by atoms with van der Waals surface area (Å²) in [7, 11) is 1.30. The van der Waals surface area contributed by atoms with Crippen molar-refractivity contribution in [2.45, 2.75) is 5.16 Å². The van der Waals surface area contributed by atoms with Crippen molar-refractivity contribution in [1.82, 2.24) is 10.2 Å². The zero-order valence-corrected chi connectivity index (χ0v) is 16.5. The Morgan fingerprint density at radius 1 is 1.33 bits per heavy atom. The minimum Gasteiger partial charge on any atom is -0.465 e. The summed E-state index contributed by atoms with van der Waals surface area (Å²) in [5, 5.41) is 13.5. The summed E-state index contributed by atoms with van der Waals surface area (Å²) < 4.78 is 6.46. The second-order valence-electron chi connectivity index (χ2n) is 5.11. The number of thiophene rings is 1. The number of para-hydroxylation sites is 1. The molecule has 7 nitrogen and oxygen atoms in total. The first-order chi connectivity index (χ1) is 13.1. The van der Waals surface area contributed by atoms with Crippen LogP contribution in [-0.2, 0) is 9.53 Å². The molecule has 2 aromatic heterocycles. The van der Waals surface area contributed by atoms with Crippen molar-refractivity contribution in [3.05, 3.63) is 58.0 Å². The number of carbonyl (C=O) groups is 2. The van der Waals surface area contributed by atoms with Gasteiger partial charge in [-0.1, -0.05) is 23.7 Å². The third-order valence-electron chi connectivity index (χ3n) is 3.39. The van der Waals surface area contributed by atoms with Crippen LogP contribution in [0, 0.1) is 0 Å². The summed E-state index contributed by atoms with van der Waals surface area (Å²) in [6, 6.07) is 8.98. The first kappa shape index (κ1) is 19.3. The van der Waals surface area contributed by atoms with E-state index in [-0.39, 0.29) is 11.7 Å². The van der Waals surface area contributed by atoms with Gasteiger partial charge in [-0.05, 0) is 40.4 Å². The average Bonchev–Trinajstić information content (AvgIpc) is 3.14. The van der Waals surface area contributed by atoms with Crippen molar-refractivity contribution < 1.29 is 18.9 Å². The van der Waals surface area contributed by atoms with Gasteiger partial charge in [0, 0.05) is 0 Å². The predicted octanol–water partition coefficient (Wildman–Crippen LogP) is 2.99. The molecule has 0 fully saturated rings. The SMILES string of the molecule is COC(=O)c1sccc1NC(=O)CSc1nncc[n+]1-c1ccccc1Cl. The molecule has 0 aliphatic carbocycles. The highest BCUT2D eigenvalue weighted by molar-refractivity contribution is 7.99. The Hall–Kier alpha value is -2.49. The van der Waals surface area contributed by atoms with Gasteiger partial charge in [0.15, 0.2) is 5.69 Å². The van der Waals surface area contributed by atoms with E-state index >= 15 is 0 Å². The van der Waals surface area contributed by atoms with Crippen molar-refractivity contribution in [2.24, 2.45) is 0 Å². The number of nitrogens with one attached hydrogen (secondary N) is 1. The second kappa shape index (κ2) is 8.94. The van der Waals surface area contributed by atoms with Gasteiger partial charge in [0.05, 0.1) is 28.7 Å². The summed E-state index contributed by atoms with van der Waals surface area (Å²) in [5.74, 6) is -0.682. The molecular formula is C17H14ClN4O3S2+. The number of ether oxygens (including phenoxy) is 1.